The van der Waals surface area contributed by atoms with Crippen molar-refractivity contribution in [3.63, 3.8) is 0 Å². The summed E-state index contributed by atoms with van der Waals surface area (Å²) >= 11 is 1.87. The lowest BCUT2D eigenvalue weighted by Gasteiger charge is -2.02. The van der Waals surface area contributed by atoms with Crippen molar-refractivity contribution >= 4 is 11.3 Å². The Morgan fingerprint density at radius 3 is 2.89 bits per heavy atom. The van der Waals surface area contributed by atoms with E-state index in [1.165, 1.54) is 9.75 Å². The number of hydrogen-bond donors (Lipinski definition) is 2. The van der Waals surface area contributed by atoms with Gasteiger partial charge in [-0.1, -0.05) is 12.1 Å². The number of rotatable bonds is 7. The summed E-state index contributed by atoms with van der Waals surface area (Å²) in [6, 6.07) is 4.39. The minimum absolute atomic E-state index is 0.447. The van der Waals surface area contributed by atoms with Gasteiger partial charge in [-0.05, 0) is 18.6 Å². The molecule has 2 aromatic rings. The van der Waals surface area contributed by atoms with Gasteiger partial charge < -0.3 is 11.1 Å². The molecule has 0 unspecified atom stereocenters. The number of aromatic nitrogens is 3. The second kappa shape index (κ2) is 6.63. The van der Waals surface area contributed by atoms with Crippen molar-refractivity contribution in [2.45, 2.75) is 33.0 Å². The number of nitrogens with one attached hydrogen (secondary N) is 1. The van der Waals surface area contributed by atoms with Gasteiger partial charge in [0.15, 0.2) is 0 Å². The van der Waals surface area contributed by atoms with E-state index < -0.39 is 0 Å². The number of hydrogen-bond acceptors (Lipinski definition) is 5. The molecule has 3 N–H and O–H groups in total. The molecule has 0 fully saturated rings. The topological polar surface area (TPSA) is 68.8 Å². The van der Waals surface area contributed by atoms with Crippen LogP contribution in [0.2, 0.25) is 0 Å². The van der Waals surface area contributed by atoms with E-state index in [0.29, 0.717) is 6.54 Å². The Labute approximate surface area is 111 Å². The number of nitrogens with two attached hydrogens (primary N) is 1. The van der Waals surface area contributed by atoms with Crippen LogP contribution in [-0.2, 0) is 26.1 Å². The molecule has 0 bridgehead atoms. The normalized spacial score (nSPS) is 11.0. The van der Waals surface area contributed by atoms with Crippen LogP contribution in [0.15, 0.2) is 18.3 Å². The van der Waals surface area contributed by atoms with Crippen LogP contribution in [0.25, 0.3) is 0 Å². The second-order valence-corrected chi connectivity index (χ2v) is 5.33. The molecule has 5 nitrogen and oxygen atoms in total. The zero-order valence-electron chi connectivity index (χ0n) is 10.6. The maximum Gasteiger partial charge on any atom is 0.0962 e. The fourth-order valence-electron chi connectivity index (χ4n) is 1.65. The highest BCUT2D eigenvalue weighted by molar-refractivity contribution is 7.11. The molecule has 0 aromatic carbocycles. The highest BCUT2D eigenvalue weighted by atomic mass is 32.1. The highest BCUT2D eigenvalue weighted by Gasteiger charge is 2.00. The third-order valence-electron chi connectivity index (χ3n) is 2.68. The standard InChI is InChI=1S/C12H19N5S/c1-2-11-3-4-12(18-11)8-14-5-6-17-9-10(7-13)15-16-17/h3-4,9,14H,2,5-8,13H2,1H3. The van der Waals surface area contributed by atoms with Crippen LogP contribution in [0.1, 0.15) is 22.4 Å². The van der Waals surface area contributed by atoms with Gasteiger partial charge in [0.2, 0.25) is 0 Å². The van der Waals surface area contributed by atoms with E-state index in [2.05, 4.69) is 34.7 Å². The molecular formula is C12H19N5S. The molecule has 0 aliphatic heterocycles. The Hall–Kier alpha value is -1.24. The molecular weight excluding hydrogens is 246 g/mol. The molecule has 0 aliphatic rings. The van der Waals surface area contributed by atoms with Crippen LogP contribution in [0, 0.1) is 0 Å². The Kier molecular flexibility index (Phi) is 4.86. The summed E-state index contributed by atoms with van der Waals surface area (Å²) < 4.78 is 1.82. The predicted octanol–water partition coefficient (Wildman–Crippen LogP) is 1.15. The molecule has 0 atom stereocenters. The van der Waals surface area contributed by atoms with Crippen molar-refractivity contribution in [2.24, 2.45) is 5.73 Å². The van der Waals surface area contributed by atoms with Gasteiger partial charge in [0, 0.05) is 35.6 Å². The Balaban J connectivity index is 1.69. The number of aryl methyl sites for hydroxylation is 1. The maximum absolute atomic E-state index is 5.48. The summed E-state index contributed by atoms with van der Waals surface area (Å²) in [6.45, 7) is 5.25. The number of nitrogens with zero attached hydrogens (tertiary/aromatic N) is 3. The van der Waals surface area contributed by atoms with Crippen molar-refractivity contribution in [3.8, 4) is 0 Å². The molecule has 6 heteroatoms. The van der Waals surface area contributed by atoms with E-state index >= 15 is 0 Å². The minimum atomic E-state index is 0.447. The zero-order valence-corrected chi connectivity index (χ0v) is 11.4. The van der Waals surface area contributed by atoms with E-state index in [1.54, 1.807) is 0 Å². The summed E-state index contributed by atoms with van der Waals surface area (Å²) in [7, 11) is 0. The van der Waals surface area contributed by atoms with Crippen LogP contribution in [-0.4, -0.2) is 21.5 Å². The van der Waals surface area contributed by atoms with E-state index in [4.69, 9.17) is 5.73 Å². The molecule has 18 heavy (non-hydrogen) atoms. The third kappa shape index (κ3) is 3.63. The van der Waals surface area contributed by atoms with Gasteiger partial charge in [-0.2, -0.15) is 0 Å². The van der Waals surface area contributed by atoms with Crippen LogP contribution in [0.4, 0.5) is 0 Å². The molecule has 0 saturated heterocycles. The maximum atomic E-state index is 5.48. The lowest BCUT2D eigenvalue weighted by Crippen LogP contribution is -2.19. The molecule has 2 heterocycles. The molecule has 0 spiro atoms. The fraction of sp³-hybridized carbons (Fsp3) is 0.500. The van der Waals surface area contributed by atoms with Gasteiger partial charge >= 0.3 is 0 Å². The summed E-state index contributed by atoms with van der Waals surface area (Å²) in [4.78, 5) is 2.82. The average molecular weight is 265 g/mol. The monoisotopic (exact) mass is 265 g/mol. The van der Waals surface area contributed by atoms with E-state index in [0.717, 1.165) is 31.7 Å². The molecule has 0 saturated carbocycles. The van der Waals surface area contributed by atoms with Crippen LogP contribution >= 0.6 is 11.3 Å². The van der Waals surface area contributed by atoms with E-state index in [1.807, 2.05) is 22.2 Å². The van der Waals surface area contributed by atoms with Gasteiger partial charge in [-0.15, -0.1) is 16.4 Å². The van der Waals surface area contributed by atoms with Gasteiger partial charge in [0.05, 0.1) is 12.2 Å². The van der Waals surface area contributed by atoms with Crippen molar-refractivity contribution in [1.82, 2.24) is 20.3 Å². The van der Waals surface area contributed by atoms with Crippen LogP contribution in [0.3, 0.4) is 0 Å². The first-order valence-electron chi connectivity index (χ1n) is 6.19. The molecule has 0 radical (unpaired) electrons. The summed E-state index contributed by atoms with van der Waals surface area (Å²) in [5, 5.41) is 11.4. The first-order chi connectivity index (χ1) is 8.81. The molecule has 0 aliphatic carbocycles. The van der Waals surface area contributed by atoms with Crippen molar-refractivity contribution in [1.29, 1.82) is 0 Å². The average Bonchev–Trinajstić information content (AvgIpc) is 3.03. The van der Waals surface area contributed by atoms with Gasteiger partial charge in [-0.3, -0.25) is 4.68 Å². The predicted molar refractivity (Wildman–Crippen MR) is 73.3 cm³/mol. The third-order valence-corrected chi connectivity index (χ3v) is 3.91. The summed E-state index contributed by atoms with van der Waals surface area (Å²) in [5.41, 5.74) is 6.31. The highest BCUT2D eigenvalue weighted by Crippen LogP contribution is 2.16. The van der Waals surface area contributed by atoms with Gasteiger partial charge in [0.25, 0.3) is 0 Å². The Morgan fingerprint density at radius 1 is 1.39 bits per heavy atom. The lowest BCUT2D eigenvalue weighted by atomic mass is 10.3. The van der Waals surface area contributed by atoms with E-state index in [9.17, 15) is 0 Å². The summed E-state index contributed by atoms with van der Waals surface area (Å²) in [5.74, 6) is 0. The first kappa shape index (κ1) is 13.2. The molecule has 2 aromatic heterocycles. The van der Waals surface area contributed by atoms with Gasteiger partial charge in [0.1, 0.15) is 0 Å². The minimum Gasteiger partial charge on any atom is -0.325 e. The molecule has 98 valence electrons. The molecule has 0 amide bonds. The summed E-state index contributed by atoms with van der Waals surface area (Å²) in [6.07, 6.45) is 3.01. The Bertz CT molecular complexity index is 432. The SMILES string of the molecule is CCc1ccc(CNCCn2cc(CN)nn2)s1. The molecule has 2 rings (SSSR count). The van der Waals surface area contributed by atoms with E-state index in [-0.39, 0.29) is 0 Å². The fourth-order valence-corrected chi connectivity index (χ4v) is 2.58. The largest absolute Gasteiger partial charge is 0.325 e. The second-order valence-electron chi connectivity index (χ2n) is 4.08. The first-order valence-corrected chi connectivity index (χ1v) is 7.01. The number of thiophene rings is 1. The zero-order chi connectivity index (χ0) is 12.8. The van der Waals surface area contributed by atoms with Crippen LogP contribution in [0.5, 0.6) is 0 Å². The van der Waals surface area contributed by atoms with Crippen molar-refractivity contribution < 1.29 is 0 Å². The smallest absolute Gasteiger partial charge is 0.0962 e. The van der Waals surface area contributed by atoms with Gasteiger partial charge in [-0.25, -0.2) is 0 Å². The Morgan fingerprint density at radius 2 is 2.22 bits per heavy atom. The van der Waals surface area contributed by atoms with Crippen molar-refractivity contribution in [3.05, 3.63) is 33.8 Å². The van der Waals surface area contributed by atoms with Crippen LogP contribution < -0.4 is 11.1 Å². The quantitative estimate of drug-likeness (QED) is 0.737. The lowest BCUT2D eigenvalue weighted by molar-refractivity contribution is 0.542. The van der Waals surface area contributed by atoms with Crippen molar-refractivity contribution in [2.75, 3.05) is 6.54 Å².